The first-order valence-corrected chi connectivity index (χ1v) is 8.58. The number of hydrogen-bond donors (Lipinski definition) is 0. The lowest BCUT2D eigenvalue weighted by molar-refractivity contribution is 0.174. The first kappa shape index (κ1) is 13.7. The lowest BCUT2D eigenvalue weighted by Crippen LogP contribution is -2.38. The second kappa shape index (κ2) is 5.26. The zero-order valence-electron chi connectivity index (χ0n) is 11.5. The third-order valence-electron chi connectivity index (χ3n) is 4.08. The summed E-state index contributed by atoms with van der Waals surface area (Å²) in [6.45, 7) is 3.19. The van der Waals surface area contributed by atoms with Crippen LogP contribution in [0.15, 0.2) is 18.2 Å². The van der Waals surface area contributed by atoms with E-state index in [2.05, 4.69) is 6.07 Å². The van der Waals surface area contributed by atoms with E-state index in [-0.39, 0.29) is 12.5 Å². The number of sulfonamides is 1. The third kappa shape index (κ3) is 2.50. The highest BCUT2D eigenvalue weighted by atomic mass is 32.2. The van der Waals surface area contributed by atoms with Crippen molar-refractivity contribution in [1.82, 2.24) is 4.31 Å². The maximum Gasteiger partial charge on any atom is 0.231 e. The van der Waals surface area contributed by atoms with Gasteiger partial charge < -0.3 is 9.47 Å². The largest absolute Gasteiger partial charge is 0.454 e. The van der Waals surface area contributed by atoms with Crippen LogP contribution in [-0.2, 0) is 10.0 Å². The van der Waals surface area contributed by atoms with Crippen LogP contribution in [0.4, 0.5) is 0 Å². The van der Waals surface area contributed by atoms with E-state index in [1.54, 1.807) is 11.2 Å². The molecule has 0 saturated carbocycles. The van der Waals surface area contributed by atoms with Gasteiger partial charge in [0.2, 0.25) is 16.8 Å². The molecular formula is C14H19NO4S. The van der Waals surface area contributed by atoms with E-state index in [0.29, 0.717) is 19.0 Å². The van der Waals surface area contributed by atoms with Crippen LogP contribution in [0.25, 0.3) is 0 Å². The molecule has 0 radical (unpaired) electrons. The second-order valence-corrected chi connectivity index (χ2v) is 7.44. The highest BCUT2D eigenvalue weighted by Gasteiger charge is 2.28. The molecular weight excluding hydrogens is 278 g/mol. The Bertz CT molecular complexity index is 591. The Morgan fingerprint density at radius 3 is 2.60 bits per heavy atom. The number of rotatable bonds is 3. The predicted octanol–water partition coefficient (Wildman–Crippen LogP) is 1.94. The minimum absolute atomic E-state index is 0.182. The molecule has 0 bridgehead atoms. The number of nitrogens with zero attached hydrogens (tertiary/aromatic N) is 1. The summed E-state index contributed by atoms with van der Waals surface area (Å²) in [5, 5.41) is 0. The van der Waals surface area contributed by atoms with Crippen molar-refractivity contribution in [3.05, 3.63) is 23.8 Å². The minimum Gasteiger partial charge on any atom is -0.454 e. The summed E-state index contributed by atoms with van der Waals surface area (Å²) in [6, 6.07) is 6.02. The summed E-state index contributed by atoms with van der Waals surface area (Å²) >= 11 is 0. The van der Waals surface area contributed by atoms with Crippen LogP contribution in [0, 0.1) is 0 Å². The van der Waals surface area contributed by atoms with Crippen molar-refractivity contribution in [2.75, 3.05) is 25.6 Å². The first-order valence-electron chi connectivity index (χ1n) is 6.97. The number of fused-ring (bicyclic) bond motifs is 1. The van der Waals surface area contributed by atoms with Crippen LogP contribution >= 0.6 is 0 Å². The van der Waals surface area contributed by atoms with Crippen molar-refractivity contribution in [1.29, 1.82) is 0 Å². The fourth-order valence-corrected chi connectivity index (χ4v) is 3.95. The molecule has 2 aliphatic rings. The molecule has 20 heavy (non-hydrogen) atoms. The summed E-state index contributed by atoms with van der Waals surface area (Å²) < 4.78 is 36.0. The molecule has 0 spiro atoms. The Balaban J connectivity index is 1.69. The molecule has 6 heteroatoms. The minimum atomic E-state index is -3.05. The summed E-state index contributed by atoms with van der Waals surface area (Å²) in [5.41, 5.74) is 1.21. The van der Waals surface area contributed by atoms with Gasteiger partial charge in [0.15, 0.2) is 11.5 Å². The van der Waals surface area contributed by atoms with E-state index in [1.165, 1.54) is 5.56 Å². The highest BCUT2D eigenvalue weighted by molar-refractivity contribution is 7.89. The van der Waals surface area contributed by atoms with Crippen molar-refractivity contribution in [2.24, 2.45) is 0 Å². The SMILES string of the molecule is CCS(=O)(=O)N1CCC(c2ccc3c(c2)OCO3)CC1. The molecule has 110 valence electrons. The smallest absolute Gasteiger partial charge is 0.231 e. The lowest BCUT2D eigenvalue weighted by Gasteiger charge is -2.31. The maximum atomic E-state index is 11.8. The van der Waals surface area contributed by atoms with Gasteiger partial charge in [-0.05, 0) is 43.4 Å². The number of piperidine rings is 1. The Morgan fingerprint density at radius 1 is 1.20 bits per heavy atom. The second-order valence-electron chi connectivity index (χ2n) is 5.19. The summed E-state index contributed by atoms with van der Waals surface area (Å²) in [5.74, 6) is 2.17. The Kier molecular flexibility index (Phi) is 3.60. The van der Waals surface area contributed by atoms with Gasteiger partial charge >= 0.3 is 0 Å². The van der Waals surface area contributed by atoms with Gasteiger partial charge in [-0.3, -0.25) is 0 Å². The first-order chi connectivity index (χ1) is 9.60. The van der Waals surface area contributed by atoms with E-state index in [0.717, 1.165) is 24.3 Å². The van der Waals surface area contributed by atoms with Gasteiger partial charge in [-0.15, -0.1) is 0 Å². The molecule has 2 aliphatic heterocycles. The Hall–Kier alpha value is -1.27. The molecule has 3 rings (SSSR count). The fourth-order valence-electron chi connectivity index (χ4n) is 2.82. The van der Waals surface area contributed by atoms with Gasteiger partial charge in [0.05, 0.1) is 5.75 Å². The van der Waals surface area contributed by atoms with Crippen LogP contribution in [0.1, 0.15) is 31.2 Å². The average Bonchev–Trinajstić information content (AvgIpc) is 2.94. The standard InChI is InChI=1S/C14H19NO4S/c1-2-20(16,17)15-7-5-11(6-8-15)12-3-4-13-14(9-12)19-10-18-13/h3-4,9,11H,2,5-8,10H2,1H3. The van der Waals surface area contributed by atoms with E-state index in [1.807, 2.05) is 12.1 Å². The van der Waals surface area contributed by atoms with Gasteiger partial charge in [-0.2, -0.15) is 0 Å². The molecule has 0 N–H and O–H groups in total. The van der Waals surface area contributed by atoms with Crippen molar-refractivity contribution >= 4 is 10.0 Å². The van der Waals surface area contributed by atoms with Crippen LogP contribution in [0.2, 0.25) is 0 Å². The van der Waals surface area contributed by atoms with E-state index < -0.39 is 10.0 Å². The maximum absolute atomic E-state index is 11.8. The van der Waals surface area contributed by atoms with Gasteiger partial charge in [0, 0.05) is 13.1 Å². The van der Waals surface area contributed by atoms with Gasteiger partial charge in [-0.1, -0.05) is 6.07 Å². The number of ether oxygens (including phenoxy) is 2. The molecule has 1 aromatic carbocycles. The van der Waals surface area contributed by atoms with Crippen molar-refractivity contribution in [2.45, 2.75) is 25.7 Å². The lowest BCUT2D eigenvalue weighted by atomic mass is 9.90. The topological polar surface area (TPSA) is 55.8 Å². The summed E-state index contributed by atoms with van der Waals surface area (Å²) in [6.07, 6.45) is 1.72. The third-order valence-corrected chi connectivity index (χ3v) is 5.96. The quantitative estimate of drug-likeness (QED) is 0.855. The molecule has 0 amide bonds. The van der Waals surface area contributed by atoms with Gasteiger partial charge in [0.25, 0.3) is 0 Å². The van der Waals surface area contributed by atoms with Gasteiger partial charge in [0.1, 0.15) is 0 Å². The molecule has 0 atom stereocenters. The normalized spacial score (nSPS) is 20.2. The van der Waals surface area contributed by atoms with Crippen molar-refractivity contribution < 1.29 is 17.9 Å². The Morgan fingerprint density at radius 2 is 1.90 bits per heavy atom. The monoisotopic (exact) mass is 297 g/mol. The zero-order chi connectivity index (χ0) is 14.2. The molecule has 0 unspecified atom stereocenters. The summed E-state index contributed by atoms with van der Waals surface area (Å²) in [4.78, 5) is 0. The fraction of sp³-hybridized carbons (Fsp3) is 0.571. The van der Waals surface area contributed by atoms with Crippen molar-refractivity contribution in [3.8, 4) is 11.5 Å². The molecule has 0 aromatic heterocycles. The van der Waals surface area contributed by atoms with Crippen LogP contribution in [0.5, 0.6) is 11.5 Å². The van der Waals surface area contributed by atoms with Gasteiger partial charge in [-0.25, -0.2) is 12.7 Å². The molecule has 1 aromatic rings. The van der Waals surface area contributed by atoms with E-state index in [9.17, 15) is 8.42 Å². The van der Waals surface area contributed by atoms with E-state index in [4.69, 9.17) is 9.47 Å². The molecule has 0 aliphatic carbocycles. The number of benzene rings is 1. The average molecular weight is 297 g/mol. The Labute approximate surface area is 119 Å². The van der Waals surface area contributed by atoms with Crippen LogP contribution in [-0.4, -0.2) is 38.4 Å². The molecule has 1 saturated heterocycles. The highest BCUT2D eigenvalue weighted by Crippen LogP contribution is 2.37. The van der Waals surface area contributed by atoms with E-state index >= 15 is 0 Å². The molecule has 5 nitrogen and oxygen atoms in total. The molecule has 1 fully saturated rings. The zero-order valence-corrected chi connectivity index (χ0v) is 12.4. The summed E-state index contributed by atoms with van der Waals surface area (Å²) in [7, 11) is -3.05. The van der Waals surface area contributed by atoms with Crippen molar-refractivity contribution in [3.63, 3.8) is 0 Å². The molecule has 2 heterocycles. The number of hydrogen-bond acceptors (Lipinski definition) is 4. The predicted molar refractivity (Wildman–Crippen MR) is 75.6 cm³/mol. The van der Waals surface area contributed by atoms with Crippen LogP contribution < -0.4 is 9.47 Å². The van der Waals surface area contributed by atoms with Crippen LogP contribution in [0.3, 0.4) is 0 Å².